The molecule has 1 aromatic carbocycles. The van der Waals surface area contributed by atoms with Gasteiger partial charge >= 0.3 is 0 Å². The van der Waals surface area contributed by atoms with E-state index in [1.807, 2.05) is 32.0 Å². The molecule has 0 heterocycles. The second-order valence-corrected chi connectivity index (χ2v) is 4.43. The standard InChI is InChI=1S/C13H18O2/c1-9(2)15-12-5-3-4-11(8-14)13(12)10-6-7-10/h3-5,9-10,14H,6-8H2,1-2H3. The smallest absolute Gasteiger partial charge is 0.123 e. The van der Waals surface area contributed by atoms with Crippen molar-refractivity contribution in [1.82, 2.24) is 0 Å². The van der Waals surface area contributed by atoms with Crippen LogP contribution in [0, 0.1) is 0 Å². The van der Waals surface area contributed by atoms with Crippen LogP contribution in [0.25, 0.3) is 0 Å². The zero-order valence-electron chi connectivity index (χ0n) is 9.36. The Labute approximate surface area is 90.9 Å². The minimum Gasteiger partial charge on any atom is -0.491 e. The number of ether oxygens (including phenoxy) is 1. The summed E-state index contributed by atoms with van der Waals surface area (Å²) in [4.78, 5) is 0. The van der Waals surface area contributed by atoms with Crippen LogP contribution in [0.3, 0.4) is 0 Å². The Morgan fingerprint density at radius 2 is 2.13 bits per heavy atom. The highest BCUT2D eigenvalue weighted by atomic mass is 16.5. The van der Waals surface area contributed by atoms with Crippen LogP contribution in [0.1, 0.15) is 43.7 Å². The van der Waals surface area contributed by atoms with E-state index in [4.69, 9.17) is 4.74 Å². The third-order valence-corrected chi connectivity index (χ3v) is 2.68. The minimum absolute atomic E-state index is 0.112. The van der Waals surface area contributed by atoms with E-state index in [1.54, 1.807) is 0 Å². The van der Waals surface area contributed by atoms with Crippen molar-refractivity contribution in [2.45, 2.75) is 45.3 Å². The van der Waals surface area contributed by atoms with Crippen LogP contribution < -0.4 is 4.74 Å². The number of aliphatic hydroxyl groups excluding tert-OH is 1. The molecule has 1 aliphatic rings. The van der Waals surface area contributed by atoms with Crippen molar-refractivity contribution in [1.29, 1.82) is 0 Å². The Kier molecular flexibility index (Phi) is 2.96. The van der Waals surface area contributed by atoms with Crippen LogP contribution in [0.2, 0.25) is 0 Å². The molecule has 2 nitrogen and oxygen atoms in total. The molecule has 0 spiro atoms. The van der Waals surface area contributed by atoms with Gasteiger partial charge in [-0.15, -0.1) is 0 Å². The fourth-order valence-electron chi connectivity index (χ4n) is 1.92. The Bertz CT molecular complexity index is 340. The van der Waals surface area contributed by atoms with Crippen molar-refractivity contribution in [3.05, 3.63) is 29.3 Å². The molecule has 0 saturated heterocycles. The Morgan fingerprint density at radius 3 is 2.67 bits per heavy atom. The summed E-state index contributed by atoms with van der Waals surface area (Å²) in [6.45, 7) is 4.17. The first-order valence-corrected chi connectivity index (χ1v) is 5.61. The molecule has 0 amide bonds. The molecule has 0 unspecified atom stereocenters. The maximum Gasteiger partial charge on any atom is 0.123 e. The highest BCUT2D eigenvalue weighted by molar-refractivity contribution is 5.44. The van der Waals surface area contributed by atoms with Gasteiger partial charge in [0.25, 0.3) is 0 Å². The van der Waals surface area contributed by atoms with Crippen molar-refractivity contribution in [2.24, 2.45) is 0 Å². The van der Waals surface area contributed by atoms with Gasteiger partial charge in [-0.2, -0.15) is 0 Å². The molecule has 0 radical (unpaired) electrons. The van der Waals surface area contributed by atoms with Gasteiger partial charge in [-0.3, -0.25) is 0 Å². The summed E-state index contributed by atoms with van der Waals surface area (Å²) in [7, 11) is 0. The number of hydrogen-bond donors (Lipinski definition) is 1. The van der Waals surface area contributed by atoms with E-state index in [9.17, 15) is 5.11 Å². The lowest BCUT2D eigenvalue weighted by Gasteiger charge is -2.16. The molecule has 0 bridgehead atoms. The molecule has 0 atom stereocenters. The number of aliphatic hydroxyl groups is 1. The quantitative estimate of drug-likeness (QED) is 0.820. The number of benzene rings is 1. The number of hydrogen-bond acceptors (Lipinski definition) is 2. The Morgan fingerprint density at radius 1 is 1.40 bits per heavy atom. The van der Waals surface area contributed by atoms with E-state index in [0.29, 0.717) is 5.92 Å². The predicted molar refractivity (Wildman–Crippen MR) is 60.1 cm³/mol. The first-order chi connectivity index (χ1) is 7.22. The maximum atomic E-state index is 9.30. The van der Waals surface area contributed by atoms with Gasteiger partial charge in [0.2, 0.25) is 0 Å². The lowest BCUT2D eigenvalue weighted by atomic mass is 10.0. The second-order valence-electron chi connectivity index (χ2n) is 4.43. The third kappa shape index (κ3) is 2.32. The fourth-order valence-corrected chi connectivity index (χ4v) is 1.92. The predicted octanol–water partition coefficient (Wildman–Crippen LogP) is 2.84. The average molecular weight is 206 g/mol. The molecule has 1 N–H and O–H groups in total. The van der Waals surface area contributed by atoms with Crippen LogP contribution in [-0.2, 0) is 6.61 Å². The molecule has 1 fully saturated rings. The van der Waals surface area contributed by atoms with E-state index in [0.717, 1.165) is 11.3 Å². The zero-order chi connectivity index (χ0) is 10.8. The summed E-state index contributed by atoms with van der Waals surface area (Å²) in [6.07, 6.45) is 2.65. The third-order valence-electron chi connectivity index (χ3n) is 2.68. The second kappa shape index (κ2) is 4.23. The topological polar surface area (TPSA) is 29.5 Å². The van der Waals surface area contributed by atoms with Crippen LogP contribution in [0.4, 0.5) is 0 Å². The van der Waals surface area contributed by atoms with E-state index in [2.05, 4.69) is 0 Å². The SMILES string of the molecule is CC(C)Oc1cccc(CO)c1C1CC1. The molecule has 1 aliphatic carbocycles. The summed E-state index contributed by atoms with van der Waals surface area (Å²) in [5.74, 6) is 1.57. The highest BCUT2D eigenvalue weighted by Gasteiger charge is 2.29. The first-order valence-electron chi connectivity index (χ1n) is 5.61. The minimum atomic E-state index is 0.112. The monoisotopic (exact) mass is 206 g/mol. The van der Waals surface area contributed by atoms with Gasteiger partial charge in [0.1, 0.15) is 5.75 Å². The molecular weight excluding hydrogens is 188 g/mol. The average Bonchev–Trinajstić information content (AvgIpc) is 3.00. The van der Waals surface area contributed by atoms with Crippen molar-refractivity contribution in [3.8, 4) is 5.75 Å². The number of rotatable bonds is 4. The summed E-state index contributed by atoms with van der Waals surface area (Å²) in [5, 5.41) is 9.30. The molecular formula is C13H18O2. The summed E-state index contributed by atoms with van der Waals surface area (Å²) in [5.41, 5.74) is 2.25. The molecule has 15 heavy (non-hydrogen) atoms. The van der Waals surface area contributed by atoms with Crippen LogP contribution in [0.15, 0.2) is 18.2 Å². The van der Waals surface area contributed by atoms with Crippen LogP contribution in [-0.4, -0.2) is 11.2 Å². The zero-order valence-corrected chi connectivity index (χ0v) is 9.36. The molecule has 0 aromatic heterocycles. The lowest BCUT2D eigenvalue weighted by molar-refractivity contribution is 0.237. The van der Waals surface area contributed by atoms with E-state index < -0.39 is 0 Å². The lowest BCUT2D eigenvalue weighted by Crippen LogP contribution is -2.08. The highest BCUT2D eigenvalue weighted by Crippen LogP contribution is 2.46. The van der Waals surface area contributed by atoms with Gasteiger partial charge in [0.15, 0.2) is 0 Å². The molecule has 1 aromatic rings. The van der Waals surface area contributed by atoms with Crippen LogP contribution >= 0.6 is 0 Å². The molecule has 2 rings (SSSR count). The van der Waals surface area contributed by atoms with E-state index in [1.165, 1.54) is 18.4 Å². The molecule has 2 heteroatoms. The van der Waals surface area contributed by atoms with E-state index in [-0.39, 0.29) is 12.7 Å². The molecule has 1 saturated carbocycles. The van der Waals surface area contributed by atoms with E-state index >= 15 is 0 Å². The summed E-state index contributed by atoms with van der Waals surface area (Å²) in [6, 6.07) is 5.95. The summed E-state index contributed by atoms with van der Waals surface area (Å²) >= 11 is 0. The van der Waals surface area contributed by atoms with Crippen molar-refractivity contribution in [2.75, 3.05) is 0 Å². The Hall–Kier alpha value is -1.02. The van der Waals surface area contributed by atoms with Crippen molar-refractivity contribution < 1.29 is 9.84 Å². The van der Waals surface area contributed by atoms with Gasteiger partial charge in [-0.05, 0) is 44.2 Å². The van der Waals surface area contributed by atoms with Gasteiger partial charge in [-0.25, -0.2) is 0 Å². The normalized spacial score (nSPS) is 15.7. The summed E-state index contributed by atoms with van der Waals surface area (Å²) < 4.78 is 5.78. The van der Waals surface area contributed by atoms with Gasteiger partial charge in [0, 0.05) is 5.56 Å². The maximum absolute atomic E-state index is 9.30. The van der Waals surface area contributed by atoms with Crippen molar-refractivity contribution in [3.63, 3.8) is 0 Å². The molecule has 82 valence electrons. The first kappa shape index (κ1) is 10.5. The van der Waals surface area contributed by atoms with Gasteiger partial charge < -0.3 is 9.84 Å². The van der Waals surface area contributed by atoms with Crippen molar-refractivity contribution >= 4 is 0 Å². The molecule has 0 aliphatic heterocycles. The largest absolute Gasteiger partial charge is 0.491 e. The van der Waals surface area contributed by atoms with Gasteiger partial charge in [-0.1, -0.05) is 12.1 Å². The Balaban J connectivity index is 2.34. The fraction of sp³-hybridized carbons (Fsp3) is 0.538. The van der Waals surface area contributed by atoms with Crippen LogP contribution in [0.5, 0.6) is 5.75 Å². The van der Waals surface area contributed by atoms with Gasteiger partial charge in [0.05, 0.1) is 12.7 Å².